The predicted octanol–water partition coefficient (Wildman–Crippen LogP) is 3.84. The zero-order chi connectivity index (χ0) is 15.4. The van der Waals surface area contributed by atoms with Crippen molar-refractivity contribution in [2.45, 2.75) is 0 Å². The molecule has 0 bridgehead atoms. The molecule has 0 spiro atoms. The highest BCUT2D eigenvalue weighted by Crippen LogP contribution is 2.27. The van der Waals surface area contributed by atoms with Crippen molar-refractivity contribution in [2.75, 3.05) is 17.7 Å². The first-order valence-corrected chi connectivity index (χ1v) is 7.05. The molecule has 2 aromatic carbocycles. The van der Waals surface area contributed by atoms with Crippen molar-refractivity contribution in [3.63, 3.8) is 0 Å². The highest BCUT2D eigenvalue weighted by Gasteiger charge is 2.08. The van der Waals surface area contributed by atoms with E-state index in [2.05, 4.69) is 21.2 Å². The second kappa shape index (κ2) is 6.78. The Balaban J connectivity index is 1.94. The van der Waals surface area contributed by atoms with Crippen LogP contribution in [0.15, 0.2) is 40.9 Å². The smallest absolute Gasteiger partial charge is 0.262 e. The Morgan fingerprint density at radius 1 is 1.33 bits per heavy atom. The normalized spacial score (nSPS) is 10.2. The minimum atomic E-state index is -0.536. The Labute approximate surface area is 134 Å². The molecule has 4 nitrogen and oxygen atoms in total. The van der Waals surface area contributed by atoms with Crippen LogP contribution >= 0.6 is 27.5 Å². The number of amides is 1. The molecule has 7 heteroatoms. The third-order valence-electron chi connectivity index (χ3n) is 2.53. The first-order valence-electron chi connectivity index (χ1n) is 5.88. The molecule has 0 aliphatic carbocycles. The van der Waals surface area contributed by atoms with Crippen molar-refractivity contribution >= 4 is 44.8 Å². The standard InChI is InChI=1S/C14H11BrClFN2O2/c15-8-1-4-13(10(16)5-8)21-7-14(20)19-9-2-3-11(17)12(18)6-9/h1-6H,7,18H2,(H,19,20). The fraction of sp³-hybridized carbons (Fsp3) is 0.0714. The third-order valence-corrected chi connectivity index (χ3v) is 3.32. The van der Waals surface area contributed by atoms with Gasteiger partial charge in [0.1, 0.15) is 11.6 Å². The molecule has 2 rings (SSSR count). The summed E-state index contributed by atoms with van der Waals surface area (Å²) in [4.78, 5) is 11.7. The van der Waals surface area contributed by atoms with Crippen LogP contribution in [0, 0.1) is 5.82 Å². The molecule has 110 valence electrons. The number of nitrogens with one attached hydrogen (secondary N) is 1. The van der Waals surface area contributed by atoms with Crippen LogP contribution in [0.25, 0.3) is 0 Å². The lowest BCUT2D eigenvalue weighted by Gasteiger charge is -2.09. The number of ether oxygens (including phenoxy) is 1. The van der Waals surface area contributed by atoms with Gasteiger partial charge in [0.05, 0.1) is 10.7 Å². The van der Waals surface area contributed by atoms with Gasteiger partial charge in [-0.25, -0.2) is 4.39 Å². The number of nitrogens with two attached hydrogens (primary N) is 1. The number of halogens is 3. The molecule has 0 aliphatic rings. The molecule has 21 heavy (non-hydrogen) atoms. The summed E-state index contributed by atoms with van der Waals surface area (Å²) in [5.41, 5.74) is 5.77. The first-order chi connectivity index (χ1) is 9.95. The SMILES string of the molecule is Nc1cc(NC(=O)COc2ccc(Br)cc2Cl)ccc1F. The van der Waals surface area contributed by atoms with E-state index in [1.807, 2.05) is 0 Å². The summed E-state index contributed by atoms with van der Waals surface area (Å²) in [5, 5.41) is 2.94. The van der Waals surface area contributed by atoms with Crippen molar-refractivity contribution in [1.29, 1.82) is 0 Å². The molecule has 0 saturated heterocycles. The lowest BCUT2D eigenvalue weighted by molar-refractivity contribution is -0.118. The van der Waals surface area contributed by atoms with E-state index in [0.717, 1.165) is 4.47 Å². The zero-order valence-electron chi connectivity index (χ0n) is 10.7. The molecule has 0 heterocycles. The van der Waals surface area contributed by atoms with E-state index in [-0.39, 0.29) is 12.3 Å². The van der Waals surface area contributed by atoms with E-state index in [1.165, 1.54) is 18.2 Å². The molecule has 0 atom stereocenters. The summed E-state index contributed by atoms with van der Waals surface area (Å²) >= 11 is 9.24. The minimum Gasteiger partial charge on any atom is -0.482 e. The van der Waals surface area contributed by atoms with Gasteiger partial charge in [0.15, 0.2) is 6.61 Å². The van der Waals surface area contributed by atoms with Crippen LogP contribution < -0.4 is 15.8 Å². The number of anilines is 2. The topological polar surface area (TPSA) is 64.3 Å². The lowest BCUT2D eigenvalue weighted by Crippen LogP contribution is -2.20. The maximum Gasteiger partial charge on any atom is 0.262 e. The fourth-order valence-corrected chi connectivity index (χ4v) is 2.28. The predicted molar refractivity (Wildman–Crippen MR) is 84.1 cm³/mol. The zero-order valence-corrected chi connectivity index (χ0v) is 13.0. The molecule has 0 radical (unpaired) electrons. The van der Waals surface area contributed by atoms with Crippen molar-refractivity contribution in [3.8, 4) is 5.75 Å². The van der Waals surface area contributed by atoms with Crippen LogP contribution in [0.4, 0.5) is 15.8 Å². The van der Waals surface area contributed by atoms with E-state index in [9.17, 15) is 9.18 Å². The summed E-state index contributed by atoms with van der Waals surface area (Å²) in [6.07, 6.45) is 0. The average molecular weight is 374 g/mol. The van der Waals surface area contributed by atoms with Crippen LogP contribution in [0.3, 0.4) is 0 Å². The van der Waals surface area contributed by atoms with Crippen LogP contribution in [0.1, 0.15) is 0 Å². The maximum absolute atomic E-state index is 13.0. The largest absolute Gasteiger partial charge is 0.482 e. The van der Waals surface area contributed by atoms with Crippen LogP contribution in [-0.2, 0) is 4.79 Å². The number of carbonyl (C=O) groups is 1. The average Bonchev–Trinajstić information content (AvgIpc) is 2.42. The number of carbonyl (C=O) groups excluding carboxylic acids is 1. The highest BCUT2D eigenvalue weighted by molar-refractivity contribution is 9.10. The Morgan fingerprint density at radius 2 is 2.10 bits per heavy atom. The Kier molecular flexibility index (Phi) is 5.03. The van der Waals surface area contributed by atoms with Gasteiger partial charge in [-0.3, -0.25) is 4.79 Å². The van der Waals surface area contributed by atoms with E-state index < -0.39 is 11.7 Å². The highest BCUT2D eigenvalue weighted by atomic mass is 79.9. The number of rotatable bonds is 4. The van der Waals surface area contributed by atoms with E-state index in [1.54, 1.807) is 18.2 Å². The Bertz CT molecular complexity index is 682. The molecule has 0 unspecified atom stereocenters. The van der Waals surface area contributed by atoms with Crippen molar-refractivity contribution < 1.29 is 13.9 Å². The van der Waals surface area contributed by atoms with Gasteiger partial charge in [-0.05, 0) is 36.4 Å². The quantitative estimate of drug-likeness (QED) is 0.800. The van der Waals surface area contributed by atoms with Gasteiger partial charge in [-0.15, -0.1) is 0 Å². The maximum atomic E-state index is 13.0. The second-order valence-corrected chi connectivity index (χ2v) is 5.47. The summed E-state index contributed by atoms with van der Waals surface area (Å²) in [7, 11) is 0. The fourth-order valence-electron chi connectivity index (χ4n) is 1.55. The monoisotopic (exact) mass is 372 g/mol. The molecule has 0 saturated carbocycles. The van der Waals surface area contributed by atoms with Crippen LogP contribution in [0.5, 0.6) is 5.75 Å². The Morgan fingerprint density at radius 3 is 2.76 bits per heavy atom. The second-order valence-electron chi connectivity index (χ2n) is 4.15. The number of nitrogen functional groups attached to an aromatic ring is 1. The van der Waals surface area contributed by atoms with Crippen LogP contribution in [0.2, 0.25) is 5.02 Å². The first kappa shape index (κ1) is 15.6. The van der Waals surface area contributed by atoms with Crippen molar-refractivity contribution in [2.24, 2.45) is 0 Å². The van der Waals surface area contributed by atoms with Gasteiger partial charge in [0.25, 0.3) is 5.91 Å². The van der Waals surface area contributed by atoms with Gasteiger partial charge in [0.2, 0.25) is 0 Å². The molecular formula is C14H11BrClFN2O2. The van der Waals surface area contributed by atoms with Gasteiger partial charge in [-0.1, -0.05) is 27.5 Å². The van der Waals surface area contributed by atoms with Gasteiger partial charge in [0, 0.05) is 10.2 Å². The lowest BCUT2D eigenvalue weighted by atomic mass is 10.2. The molecule has 1 amide bonds. The molecule has 0 aromatic heterocycles. The molecule has 0 fully saturated rings. The molecular weight excluding hydrogens is 363 g/mol. The summed E-state index contributed by atoms with van der Waals surface area (Å²) < 4.78 is 19.1. The van der Waals surface area contributed by atoms with Crippen molar-refractivity contribution in [3.05, 3.63) is 51.7 Å². The minimum absolute atomic E-state index is 0.0373. The van der Waals surface area contributed by atoms with Gasteiger partial charge in [-0.2, -0.15) is 0 Å². The number of hydrogen-bond acceptors (Lipinski definition) is 3. The van der Waals surface area contributed by atoms with Crippen molar-refractivity contribution in [1.82, 2.24) is 0 Å². The van der Waals surface area contributed by atoms with Gasteiger partial charge < -0.3 is 15.8 Å². The summed E-state index contributed by atoms with van der Waals surface area (Å²) in [6, 6.07) is 8.98. The third kappa shape index (κ3) is 4.34. The molecule has 3 N–H and O–H groups in total. The van der Waals surface area contributed by atoms with E-state index >= 15 is 0 Å². The van der Waals surface area contributed by atoms with E-state index in [4.69, 9.17) is 22.1 Å². The summed E-state index contributed by atoms with van der Waals surface area (Å²) in [5.74, 6) is -0.542. The van der Waals surface area contributed by atoms with Gasteiger partial charge >= 0.3 is 0 Å². The number of benzene rings is 2. The van der Waals surface area contributed by atoms with E-state index in [0.29, 0.717) is 16.5 Å². The molecule has 0 aliphatic heterocycles. The molecule has 2 aromatic rings. The number of hydrogen-bond donors (Lipinski definition) is 2. The Hall–Kier alpha value is -1.79. The summed E-state index contributed by atoms with van der Waals surface area (Å²) in [6.45, 7) is -0.224. The van der Waals surface area contributed by atoms with Crippen LogP contribution in [-0.4, -0.2) is 12.5 Å².